The van der Waals surface area contributed by atoms with Crippen LogP contribution in [-0.4, -0.2) is 34.9 Å². The van der Waals surface area contributed by atoms with Crippen LogP contribution in [0.4, 0.5) is 0 Å². The third kappa shape index (κ3) is 2.90. The number of nitrogens with zero attached hydrogens (tertiary/aromatic N) is 2. The maximum atomic E-state index is 12.7. The van der Waals surface area contributed by atoms with Gasteiger partial charge in [0.2, 0.25) is 5.89 Å². The summed E-state index contributed by atoms with van der Waals surface area (Å²) in [5.74, 6) is 0.988. The van der Waals surface area contributed by atoms with Gasteiger partial charge in [0.25, 0.3) is 5.91 Å². The van der Waals surface area contributed by atoms with Gasteiger partial charge < -0.3 is 15.1 Å². The summed E-state index contributed by atoms with van der Waals surface area (Å²) in [7, 11) is 0. The molecule has 1 aliphatic rings. The van der Waals surface area contributed by atoms with E-state index in [0.717, 1.165) is 24.9 Å². The summed E-state index contributed by atoms with van der Waals surface area (Å²) >= 11 is 0. The highest BCUT2D eigenvalue weighted by molar-refractivity contribution is 5.92. The zero-order valence-corrected chi connectivity index (χ0v) is 12.7. The molecule has 2 atom stereocenters. The van der Waals surface area contributed by atoms with Crippen molar-refractivity contribution in [3.63, 3.8) is 0 Å². The molecule has 2 aromatic rings. The maximum Gasteiger partial charge on any atom is 0.276 e. The summed E-state index contributed by atoms with van der Waals surface area (Å²) in [6, 6.07) is 9.67. The number of aromatic nitrogens is 1. The van der Waals surface area contributed by atoms with Crippen molar-refractivity contribution in [3.05, 3.63) is 42.3 Å². The predicted molar refractivity (Wildman–Crippen MR) is 84.2 cm³/mol. The van der Waals surface area contributed by atoms with Gasteiger partial charge in [-0.15, -0.1) is 0 Å². The summed E-state index contributed by atoms with van der Waals surface area (Å²) in [6.07, 6.45) is 3.40. The number of oxazole rings is 1. The van der Waals surface area contributed by atoms with Crippen molar-refractivity contribution in [1.29, 1.82) is 0 Å². The van der Waals surface area contributed by atoms with Crippen LogP contribution in [0, 0.1) is 5.92 Å². The van der Waals surface area contributed by atoms with Gasteiger partial charge in [-0.2, -0.15) is 0 Å². The number of carbonyl (C=O) groups excluding carboxylic acids is 1. The second-order valence-corrected chi connectivity index (χ2v) is 5.92. The lowest BCUT2D eigenvalue weighted by Crippen LogP contribution is -2.49. The van der Waals surface area contributed by atoms with E-state index >= 15 is 0 Å². The minimum absolute atomic E-state index is 0.0896. The van der Waals surface area contributed by atoms with Gasteiger partial charge in [0.05, 0.1) is 0 Å². The number of hydrogen-bond donors (Lipinski definition) is 1. The van der Waals surface area contributed by atoms with Crippen LogP contribution >= 0.6 is 0 Å². The Bertz CT molecular complexity index is 638. The van der Waals surface area contributed by atoms with Crippen molar-refractivity contribution < 1.29 is 9.21 Å². The van der Waals surface area contributed by atoms with Crippen molar-refractivity contribution in [1.82, 2.24) is 9.88 Å². The van der Waals surface area contributed by atoms with E-state index in [9.17, 15) is 4.79 Å². The number of nitrogens with two attached hydrogens (primary N) is 1. The second kappa shape index (κ2) is 6.32. The first-order valence-corrected chi connectivity index (χ1v) is 7.71. The van der Waals surface area contributed by atoms with Crippen molar-refractivity contribution in [2.75, 3.05) is 13.1 Å². The first-order valence-electron chi connectivity index (χ1n) is 7.71. The molecule has 5 nitrogen and oxygen atoms in total. The molecule has 1 aromatic heterocycles. The van der Waals surface area contributed by atoms with Gasteiger partial charge in [-0.25, -0.2) is 4.98 Å². The Morgan fingerprint density at radius 1 is 1.41 bits per heavy atom. The highest BCUT2D eigenvalue weighted by atomic mass is 16.3. The largest absolute Gasteiger partial charge is 0.444 e. The summed E-state index contributed by atoms with van der Waals surface area (Å²) in [6.45, 7) is 3.42. The molecule has 116 valence electrons. The molecule has 0 bridgehead atoms. The number of hydrogen-bond acceptors (Lipinski definition) is 4. The van der Waals surface area contributed by atoms with Crippen molar-refractivity contribution in [2.45, 2.75) is 25.8 Å². The average molecular weight is 299 g/mol. The molecule has 0 aliphatic carbocycles. The molecule has 2 N–H and O–H groups in total. The van der Waals surface area contributed by atoms with Crippen molar-refractivity contribution in [2.24, 2.45) is 11.7 Å². The fraction of sp³-hybridized carbons (Fsp3) is 0.412. The minimum Gasteiger partial charge on any atom is -0.444 e. The molecule has 22 heavy (non-hydrogen) atoms. The zero-order chi connectivity index (χ0) is 15.5. The SMILES string of the molecule is CC1CCN(C(=O)c2coc(-c3ccccc3)n2)C(CN)C1. The van der Waals surface area contributed by atoms with E-state index in [4.69, 9.17) is 10.2 Å². The molecule has 1 saturated heterocycles. The second-order valence-electron chi connectivity index (χ2n) is 5.92. The highest BCUT2D eigenvalue weighted by Gasteiger charge is 2.31. The van der Waals surface area contributed by atoms with Gasteiger partial charge in [-0.3, -0.25) is 4.79 Å². The number of carbonyl (C=O) groups is 1. The lowest BCUT2D eigenvalue weighted by Gasteiger charge is -2.37. The Morgan fingerprint density at radius 3 is 2.91 bits per heavy atom. The van der Waals surface area contributed by atoms with E-state index in [2.05, 4.69) is 11.9 Å². The third-order valence-electron chi connectivity index (χ3n) is 4.25. The molecule has 5 heteroatoms. The molecule has 2 heterocycles. The van der Waals surface area contributed by atoms with Gasteiger partial charge in [-0.05, 0) is 30.9 Å². The maximum absolute atomic E-state index is 12.7. The smallest absolute Gasteiger partial charge is 0.276 e. The van der Waals surface area contributed by atoms with Gasteiger partial charge in [0.1, 0.15) is 6.26 Å². The Kier molecular flexibility index (Phi) is 4.24. The lowest BCUT2D eigenvalue weighted by atomic mass is 9.92. The Morgan fingerprint density at radius 2 is 2.18 bits per heavy atom. The van der Waals surface area contributed by atoms with Crippen LogP contribution in [0.15, 0.2) is 41.0 Å². The standard InChI is InChI=1S/C17H21N3O2/c1-12-7-8-20(14(9-12)10-18)17(21)15-11-22-16(19-15)13-5-3-2-4-6-13/h2-6,11-12,14H,7-10,18H2,1H3. The van der Waals surface area contributed by atoms with E-state index in [0.29, 0.717) is 24.0 Å². The fourth-order valence-corrected chi connectivity index (χ4v) is 2.97. The number of likely N-dealkylation sites (tertiary alicyclic amines) is 1. The Labute approximate surface area is 130 Å². The van der Waals surface area contributed by atoms with Gasteiger partial charge in [0, 0.05) is 24.7 Å². The average Bonchev–Trinajstić information content (AvgIpc) is 3.05. The monoisotopic (exact) mass is 299 g/mol. The van der Waals surface area contributed by atoms with Gasteiger partial charge in [-0.1, -0.05) is 25.1 Å². The Hall–Kier alpha value is -2.14. The van der Waals surface area contributed by atoms with E-state index in [1.165, 1.54) is 6.26 Å². The third-order valence-corrected chi connectivity index (χ3v) is 4.25. The fourth-order valence-electron chi connectivity index (χ4n) is 2.97. The van der Waals surface area contributed by atoms with Gasteiger partial charge >= 0.3 is 0 Å². The van der Waals surface area contributed by atoms with Gasteiger partial charge in [0.15, 0.2) is 5.69 Å². The first kappa shape index (κ1) is 14.8. The molecule has 0 spiro atoms. The molecule has 0 radical (unpaired) electrons. The van der Waals surface area contributed by atoms with Crippen molar-refractivity contribution >= 4 is 5.91 Å². The number of piperidine rings is 1. The highest BCUT2D eigenvalue weighted by Crippen LogP contribution is 2.25. The van der Waals surface area contributed by atoms with Crippen LogP contribution in [0.3, 0.4) is 0 Å². The van der Waals surface area contributed by atoms with Crippen LogP contribution in [0.5, 0.6) is 0 Å². The molecule has 3 rings (SSSR count). The van der Waals surface area contributed by atoms with E-state index < -0.39 is 0 Å². The van der Waals surface area contributed by atoms with Crippen molar-refractivity contribution in [3.8, 4) is 11.5 Å². The molecular formula is C17H21N3O2. The van der Waals surface area contributed by atoms with Crippen LogP contribution in [0.2, 0.25) is 0 Å². The zero-order valence-electron chi connectivity index (χ0n) is 12.7. The van der Waals surface area contributed by atoms with E-state index in [1.807, 2.05) is 35.2 Å². The lowest BCUT2D eigenvalue weighted by molar-refractivity contribution is 0.0567. The molecule has 1 aliphatic heterocycles. The molecule has 1 fully saturated rings. The molecule has 1 aromatic carbocycles. The summed E-state index contributed by atoms with van der Waals surface area (Å²) in [4.78, 5) is 18.9. The van der Waals surface area contributed by atoms with Crippen LogP contribution in [0.1, 0.15) is 30.3 Å². The number of rotatable bonds is 3. The predicted octanol–water partition coefficient (Wildman–Crippen LogP) is 2.54. The molecular weight excluding hydrogens is 278 g/mol. The minimum atomic E-state index is -0.0896. The normalized spacial score (nSPS) is 21.8. The Balaban J connectivity index is 1.79. The summed E-state index contributed by atoms with van der Waals surface area (Å²) in [5.41, 5.74) is 7.05. The molecule has 0 saturated carbocycles. The van der Waals surface area contributed by atoms with Crippen LogP contribution < -0.4 is 5.73 Å². The van der Waals surface area contributed by atoms with Crippen LogP contribution in [-0.2, 0) is 0 Å². The van der Waals surface area contributed by atoms with Crippen LogP contribution in [0.25, 0.3) is 11.5 Å². The summed E-state index contributed by atoms with van der Waals surface area (Å²) < 4.78 is 5.46. The topological polar surface area (TPSA) is 72.4 Å². The quantitative estimate of drug-likeness (QED) is 0.945. The number of amides is 1. The van der Waals surface area contributed by atoms with E-state index in [-0.39, 0.29) is 11.9 Å². The molecule has 1 amide bonds. The molecule has 2 unspecified atom stereocenters. The van der Waals surface area contributed by atoms with E-state index in [1.54, 1.807) is 0 Å². The first-order chi connectivity index (χ1) is 10.7. The number of benzene rings is 1. The summed E-state index contributed by atoms with van der Waals surface area (Å²) in [5, 5.41) is 0.